The molecule has 0 saturated heterocycles. The first-order chi connectivity index (χ1) is 12.3. The number of sulfonamides is 1. The maximum Gasteiger partial charge on any atom is 0.321 e. The molecule has 0 aliphatic heterocycles. The summed E-state index contributed by atoms with van der Waals surface area (Å²) in [7, 11) is 4.03. The molecule has 26 heavy (non-hydrogen) atoms. The number of benzene rings is 1. The van der Waals surface area contributed by atoms with Crippen LogP contribution in [0.2, 0.25) is 0 Å². The molecule has 0 aliphatic carbocycles. The lowest BCUT2D eigenvalue weighted by molar-refractivity contribution is 0.354. The number of hydrogen-bond acceptors (Lipinski definition) is 9. The summed E-state index contributed by atoms with van der Waals surface area (Å²) in [6, 6.07) is 4.41. The Bertz CT molecular complexity index is 873. The Labute approximate surface area is 152 Å². The lowest BCUT2D eigenvalue weighted by atomic mass is 10.3. The molecule has 1 heterocycles. The SMILES string of the molecule is COc1nc(CNS(=O)(=O)c2ccc(OC)c(OC)c2)nc(N(C)C)n1. The smallest absolute Gasteiger partial charge is 0.321 e. The molecule has 1 aromatic carbocycles. The van der Waals surface area contributed by atoms with E-state index < -0.39 is 10.0 Å². The van der Waals surface area contributed by atoms with Gasteiger partial charge in [0.25, 0.3) is 0 Å². The van der Waals surface area contributed by atoms with Crippen molar-refractivity contribution in [2.24, 2.45) is 0 Å². The number of ether oxygens (including phenoxy) is 3. The highest BCUT2D eigenvalue weighted by atomic mass is 32.2. The highest BCUT2D eigenvalue weighted by Crippen LogP contribution is 2.29. The zero-order valence-electron chi connectivity index (χ0n) is 15.2. The quantitative estimate of drug-likeness (QED) is 0.693. The molecule has 142 valence electrons. The predicted molar refractivity (Wildman–Crippen MR) is 94.3 cm³/mol. The van der Waals surface area contributed by atoms with Crippen molar-refractivity contribution in [2.75, 3.05) is 40.3 Å². The summed E-state index contributed by atoms with van der Waals surface area (Å²) in [4.78, 5) is 14.0. The highest BCUT2D eigenvalue weighted by molar-refractivity contribution is 7.89. The van der Waals surface area contributed by atoms with Crippen LogP contribution in [-0.2, 0) is 16.6 Å². The second-order valence-electron chi connectivity index (χ2n) is 5.27. The van der Waals surface area contributed by atoms with Gasteiger partial charge >= 0.3 is 6.01 Å². The normalized spacial score (nSPS) is 11.1. The topological polar surface area (TPSA) is 116 Å². The molecule has 1 aromatic heterocycles. The maximum absolute atomic E-state index is 12.5. The molecule has 11 heteroatoms. The van der Waals surface area contributed by atoms with E-state index in [2.05, 4.69) is 19.7 Å². The van der Waals surface area contributed by atoms with Crippen LogP contribution in [-0.4, -0.2) is 58.8 Å². The van der Waals surface area contributed by atoms with Crippen molar-refractivity contribution in [3.05, 3.63) is 24.0 Å². The minimum Gasteiger partial charge on any atom is -0.493 e. The first-order valence-corrected chi connectivity index (χ1v) is 8.97. The maximum atomic E-state index is 12.5. The Kier molecular flexibility index (Phi) is 6.16. The van der Waals surface area contributed by atoms with E-state index >= 15 is 0 Å². The number of nitrogens with zero attached hydrogens (tertiary/aromatic N) is 4. The van der Waals surface area contributed by atoms with Gasteiger partial charge in [0.1, 0.15) is 0 Å². The molecule has 0 radical (unpaired) electrons. The van der Waals surface area contributed by atoms with Gasteiger partial charge in [-0.2, -0.15) is 15.0 Å². The lowest BCUT2D eigenvalue weighted by Crippen LogP contribution is -2.25. The van der Waals surface area contributed by atoms with Gasteiger partial charge in [0, 0.05) is 20.2 Å². The van der Waals surface area contributed by atoms with E-state index in [1.807, 2.05) is 0 Å². The molecule has 0 spiro atoms. The first kappa shape index (κ1) is 19.7. The average Bonchev–Trinajstić information content (AvgIpc) is 2.65. The average molecular weight is 383 g/mol. The molecule has 2 rings (SSSR count). The van der Waals surface area contributed by atoms with E-state index in [1.165, 1.54) is 39.5 Å². The van der Waals surface area contributed by atoms with Crippen LogP contribution in [0.3, 0.4) is 0 Å². The van der Waals surface area contributed by atoms with Gasteiger partial charge < -0.3 is 19.1 Å². The van der Waals surface area contributed by atoms with Crippen LogP contribution in [0.4, 0.5) is 5.95 Å². The molecular formula is C15H21N5O5S. The van der Waals surface area contributed by atoms with E-state index in [0.717, 1.165) is 0 Å². The molecule has 10 nitrogen and oxygen atoms in total. The van der Waals surface area contributed by atoms with Crippen molar-refractivity contribution in [1.29, 1.82) is 0 Å². The monoisotopic (exact) mass is 383 g/mol. The van der Waals surface area contributed by atoms with Crippen molar-refractivity contribution in [3.8, 4) is 17.5 Å². The van der Waals surface area contributed by atoms with Crippen LogP contribution in [0, 0.1) is 0 Å². The fraction of sp³-hybridized carbons (Fsp3) is 0.400. The Morgan fingerprint density at radius 1 is 1.00 bits per heavy atom. The molecule has 0 amide bonds. The second kappa shape index (κ2) is 8.15. The molecule has 2 aromatic rings. The van der Waals surface area contributed by atoms with Gasteiger partial charge in [-0.25, -0.2) is 13.1 Å². The lowest BCUT2D eigenvalue weighted by Gasteiger charge is -2.13. The van der Waals surface area contributed by atoms with Crippen LogP contribution >= 0.6 is 0 Å². The third-order valence-corrected chi connectivity index (χ3v) is 4.72. The van der Waals surface area contributed by atoms with Gasteiger partial charge in [0.15, 0.2) is 17.3 Å². The largest absolute Gasteiger partial charge is 0.493 e. The minimum atomic E-state index is -3.81. The third-order valence-electron chi connectivity index (χ3n) is 3.32. The molecular weight excluding hydrogens is 362 g/mol. The Hall–Kier alpha value is -2.66. The van der Waals surface area contributed by atoms with Gasteiger partial charge in [0.2, 0.25) is 16.0 Å². The van der Waals surface area contributed by atoms with Gasteiger partial charge in [-0.05, 0) is 12.1 Å². The standard InChI is InChI=1S/C15H21N5O5S/c1-20(2)14-17-13(18-15(19-14)25-5)9-16-26(21,22)10-6-7-11(23-3)12(8-10)24-4/h6-8,16H,9H2,1-5H3. The summed E-state index contributed by atoms with van der Waals surface area (Å²) in [6.07, 6.45) is 0. The van der Waals surface area contributed by atoms with Gasteiger partial charge in [-0.15, -0.1) is 0 Å². The van der Waals surface area contributed by atoms with Gasteiger partial charge in [-0.1, -0.05) is 0 Å². The number of nitrogens with one attached hydrogen (secondary N) is 1. The molecule has 0 fully saturated rings. The van der Waals surface area contributed by atoms with E-state index in [0.29, 0.717) is 17.4 Å². The Morgan fingerprint density at radius 3 is 2.27 bits per heavy atom. The summed E-state index contributed by atoms with van der Waals surface area (Å²) in [5.41, 5.74) is 0. The highest BCUT2D eigenvalue weighted by Gasteiger charge is 2.18. The molecule has 0 bridgehead atoms. The summed E-state index contributed by atoms with van der Waals surface area (Å²) in [5.74, 6) is 1.33. The number of anilines is 1. The number of aromatic nitrogens is 3. The predicted octanol–water partition coefficient (Wildman–Crippen LogP) is 0.442. The zero-order chi connectivity index (χ0) is 19.3. The summed E-state index contributed by atoms with van der Waals surface area (Å²) in [6.45, 7) is -0.129. The zero-order valence-corrected chi connectivity index (χ0v) is 16.0. The first-order valence-electron chi connectivity index (χ1n) is 7.48. The van der Waals surface area contributed by atoms with E-state index in [4.69, 9.17) is 14.2 Å². The van der Waals surface area contributed by atoms with Crippen LogP contribution in [0.15, 0.2) is 23.1 Å². The molecule has 0 saturated carbocycles. The Balaban J connectivity index is 2.24. The van der Waals surface area contributed by atoms with Crippen molar-refractivity contribution in [2.45, 2.75) is 11.4 Å². The summed E-state index contributed by atoms with van der Waals surface area (Å²) >= 11 is 0. The number of methoxy groups -OCH3 is 3. The fourth-order valence-electron chi connectivity index (χ4n) is 1.98. The van der Waals surface area contributed by atoms with Crippen LogP contribution in [0.25, 0.3) is 0 Å². The van der Waals surface area contributed by atoms with Crippen LogP contribution < -0.4 is 23.8 Å². The molecule has 0 aliphatic rings. The van der Waals surface area contributed by atoms with Crippen molar-refractivity contribution >= 4 is 16.0 Å². The number of hydrogen-bond donors (Lipinski definition) is 1. The van der Waals surface area contributed by atoms with Crippen molar-refractivity contribution in [3.63, 3.8) is 0 Å². The summed E-state index contributed by atoms with van der Waals surface area (Å²) < 4.78 is 42.8. The minimum absolute atomic E-state index is 0.0315. The molecule has 0 unspecified atom stereocenters. The van der Waals surface area contributed by atoms with Crippen LogP contribution in [0.5, 0.6) is 17.5 Å². The van der Waals surface area contributed by atoms with Crippen LogP contribution in [0.1, 0.15) is 5.82 Å². The number of rotatable bonds is 8. The fourth-order valence-corrected chi connectivity index (χ4v) is 2.98. The van der Waals surface area contributed by atoms with Gasteiger partial charge in [-0.3, -0.25) is 0 Å². The molecule has 0 atom stereocenters. The van der Waals surface area contributed by atoms with E-state index in [-0.39, 0.29) is 23.3 Å². The van der Waals surface area contributed by atoms with E-state index in [1.54, 1.807) is 19.0 Å². The van der Waals surface area contributed by atoms with Crippen molar-refractivity contribution < 1.29 is 22.6 Å². The van der Waals surface area contributed by atoms with Crippen molar-refractivity contribution in [1.82, 2.24) is 19.7 Å². The van der Waals surface area contributed by atoms with Gasteiger partial charge in [0.05, 0.1) is 32.8 Å². The van der Waals surface area contributed by atoms with E-state index in [9.17, 15) is 8.42 Å². The summed E-state index contributed by atoms with van der Waals surface area (Å²) in [5, 5.41) is 0. The second-order valence-corrected chi connectivity index (χ2v) is 7.04. The molecule has 1 N–H and O–H groups in total. The third kappa shape index (κ3) is 4.49. The Morgan fingerprint density at radius 2 is 1.69 bits per heavy atom.